The molecule has 1 aliphatic heterocycles. The van der Waals surface area contributed by atoms with Crippen LogP contribution in [0, 0.1) is 5.92 Å². The molecule has 3 nitrogen and oxygen atoms in total. The predicted octanol–water partition coefficient (Wildman–Crippen LogP) is 2.81. The summed E-state index contributed by atoms with van der Waals surface area (Å²) in [4.78, 5) is 14.6. The first-order chi connectivity index (χ1) is 9.65. The molecular formula is C17H26N2O. The van der Waals surface area contributed by atoms with Gasteiger partial charge in [-0.15, -0.1) is 0 Å². The first-order valence-corrected chi connectivity index (χ1v) is 7.76. The molecule has 1 fully saturated rings. The third kappa shape index (κ3) is 3.40. The molecule has 1 heterocycles. The van der Waals surface area contributed by atoms with E-state index in [1.165, 1.54) is 5.56 Å². The zero-order chi connectivity index (χ0) is 14.5. The van der Waals surface area contributed by atoms with Gasteiger partial charge >= 0.3 is 0 Å². The number of carbonyl (C=O) groups is 1. The van der Waals surface area contributed by atoms with Gasteiger partial charge in [0.2, 0.25) is 5.91 Å². The minimum Gasteiger partial charge on any atom is -0.326 e. The number of nitrogens with zero attached hydrogens (tertiary/aromatic N) is 1. The van der Waals surface area contributed by atoms with E-state index in [-0.39, 0.29) is 18.1 Å². The molecule has 3 heteroatoms. The van der Waals surface area contributed by atoms with Crippen molar-refractivity contribution in [3.63, 3.8) is 0 Å². The normalized spacial score (nSPS) is 24.1. The fraction of sp³-hybridized carbons (Fsp3) is 0.588. The van der Waals surface area contributed by atoms with Gasteiger partial charge in [0.05, 0.1) is 12.2 Å². The number of amides is 1. The Morgan fingerprint density at radius 2 is 1.95 bits per heavy atom. The number of hydrogen-bond acceptors (Lipinski definition) is 2. The summed E-state index contributed by atoms with van der Waals surface area (Å²) in [6.07, 6.45) is 3.06. The minimum absolute atomic E-state index is 0.0635. The molecule has 110 valence electrons. The van der Waals surface area contributed by atoms with E-state index in [9.17, 15) is 4.79 Å². The smallest absolute Gasteiger partial charge is 0.241 e. The lowest BCUT2D eigenvalue weighted by Gasteiger charge is -2.25. The Morgan fingerprint density at radius 3 is 2.55 bits per heavy atom. The highest BCUT2D eigenvalue weighted by Crippen LogP contribution is 2.19. The Hall–Kier alpha value is -1.35. The van der Waals surface area contributed by atoms with Gasteiger partial charge in [0.15, 0.2) is 0 Å². The molecule has 1 saturated heterocycles. The van der Waals surface area contributed by atoms with E-state index in [1.54, 1.807) is 0 Å². The molecule has 2 rings (SSSR count). The topological polar surface area (TPSA) is 32.3 Å². The van der Waals surface area contributed by atoms with Crippen LogP contribution in [0.15, 0.2) is 30.3 Å². The first-order valence-electron chi connectivity index (χ1n) is 7.76. The summed E-state index contributed by atoms with van der Waals surface area (Å²) in [5, 5.41) is 3.49. The van der Waals surface area contributed by atoms with Gasteiger partial charge in [-0.3, -0.25) is 10.1 Å². The highest BCUT2D eigenvalue weighted by Gasteiger charge is 2.37. The van der Waals surface area contributed by atoms with Crippen LogP contribution < -0.4 is 5.32 Å². The molecule has 1 aliphatic rings. The van der Waals surface area contributed by atoms with Crippen LogP contribution in [0.5, 0.6) is 0 Å². The van der Waals surface area contributed by atoms with Crippen molar-refractivity contribution >= 4 is 5.91 Å². The number of rotatable bonds is 6. The Bertz CT molecular complexity index is 432. The molecule has 1 N–H and O–H groups in total. The minimum atomic E-state index is -0.0635. The lowest BCUT2D eigenvalue weighted by molar-refractivity contribution is -0.130. The van der Waals surface area contributed by atoms with E-state index in [0.717, 1.165) is 25.8 Å². The van der Waals surface area contributed by atoms with Crippen molar-refractivity contribution in [2.45, 2.75) is 52.2 Å². The second-order valence-electron chi connectivity index (χ2n) is 5.84. The first kappa shape index (κ1) is 15.0. The van der Waals surface area contributed by atoms with Crippen molar-refractivity contribution in [1.29, 1.82) is 0 Å². The molecule has 3 unspecified atom stereocenters. The van der Waals surface area contributed by atoms with E-state index in [0.29, 0.717) is 5.92 Å². The number of nitrogens with one attached hydrogen (secondary N) is 1. The molecule has 0 radical (unpaired) electrons. The van der Waals surface area contributed by atoms with Crippen LogP contribution in [-0.2, 0) is 11.2 Å². The quantitative estimate of drug-likeness (QED) is 0.865. The van der Waals surface area contributed by atoms with Crippen molar-refractivity contribution in [2.24, 2.45) is 5.92 Å². The van der Waals surface area contributed by atoms with E-state index in [4.69, 9.17) is 0 Å². The summed E-state index contributed by atoms with van der Waals surface area (Å²) in [5.74, 6) is 0.825. The molecule has 1 aromatic carbocycles. The van der Waals surface area contributed by atoms with Gasteiger partial charge < -0.3 is 4.90 Å². The van der Waals surface area contributed by atoms with Gasteiger partial charge in [-0.25, -0.2) is 0 Å². The van der Waals surface area contributed by atoms with E-state index in [1.807, 2.05) is 23.1 Å². The van der Waals surface area contributed by atoms with Crippen LogP contribution in [0.2, 0.25) is 0 Å². The summed E-state index contributed by atoms with van der Waals surface area (Å²) in [6, 6.07) is 10.2. The van der Waals surface area contributed by atoms with Crippen molar-refractivity contribution in [2.75, 3.05) is 6.54 Å². The third-order valence-electron chi connectivity index (χ3n) is 4.23. The van der Waals surface area contributed by atoms with Gasteiger partial charge in [0.1, 0.15) is 0 Å². The second kappa shape index (κ2) is 6.89. The highest BCUT2D eigenvalue weighted by atomic mass is 16.2. The van der Waals surface area contributed by atoms with E-state index in [2.05, 4.69) is 38.2 Å². The van der Waals surface area contributed by atoms with Crippen LogP contribution in [-0.4, -0.2) is 29.6 Å². The Kier molecular flexibility index (Phi) is 5.18. The van der Waals surface area contributed by atoms with Gasteiger partial charge in [0.25, 0.3) is 0 Å². The van der Waals surface area contributed by atoms with Gasteiger partial charge in [-0.1, -0.05) is 57.5 Å². The molecule has 0 bridgehead atoms. The van der Waals surface area contributed by atoms with Crippen LogP contribution in [0.3, 0.4) is 0 Å². The zero-order valence-electron chi connectivity index (χ0n) is 12.8. The molecule has 3 atom stereocenters. The van der Waals surface area contributed by atoms with Crippen molar-refractivity contribution < 1.29 is 4.79 Å². The maximum absolute atomic E-state index is 12.6. The molecule has 0 aromatic heterocycles. The molecule has 0 spiro atoms. The zero-order valence-corrected chi connectivity index (χ0v) is 12.8. The lowest BCUT2D eigenvalue weighted by atomic mass is 10.1. The highest BCUT2D eigenvalue weighted by molar-refractivity contribution is 5.84. The maximum Gasteiger partial charge on any atom is 0.241 e. The predicted molar refractivity (Wildman–Crippen MR) is 82.3 cm³/mol. The molecule has 20 heavy (non-hydrogen) atoms. The molecular weight excluding hydrogens is 248 g/mol. The van der Waals surface area contributed by atoms with Crippen LogP contribution in [0.25, 0.3) is 0 Å². The average molecular weight is 274 g/mol. The molecule has 0 aliphatic carbocycles. The number of carbonyl (C=O) groups excluding carboxylic acids is 1. The Labute approximate surface area is 122 Å². The summed E-state index contributed by atoms with van der Waals surface area (Å²) < 4.78 is 0. The fourth-order valence-corrected chi connectivity index (χ4v) is 2.76. The van der Waals surface area contributed by atoms with Crippen molar-refractivity contribution in [1.82, 2.24) is 10.2 Å². The van der Waals surface area contributed by atoms with Crippen LogP contribution in [0.4, 0.5) is 0 Å². The Morgan fingerprint density at radius 1 is 1.25 bits per heavy atom. The van der Waals surface area contributed by atoms with Crippen LogP contribution >= 0.6 is 0 Å². The largest absolute Gasteiger partial charge is 0.326 e. The fourth-order valence-electron chi connectivity index (χ4n) is 2.76. The maximum atomic E-state index is 12.6. The summed E-state index contributed by atoms with van der Waals surface area (Å²) in [6.45, 7) is 7.40. The van der Waals surface area contributed by atoms with E-state index >= 15 is 0 Å². The van der Waals surface area contributed by atoms with Crippen LogP contribution in [0.1, 0.15) is 39.2 Å². The van der Waals surface area contributed by atoms with Crippen molar-refractivity contribution in [3.8, 4) is 0 Å². The summed E-state index contributed by atoms with van der Waals surface area (Å²) in [7, 11) is 0. The molecule has 1 aromatic rings. The molecule has 1 amide bonds. The number of benzene rings is 1. The Balaban J connectivity index is 2.04. The molecule has 0 saturated carbocycles. The van der Waals surface area contributed by atoms with E-state index < -0.39 is 0 Å². The van der Waals surface area contributed by atoms with Gasteiger partial charge in [-0.2, -0.15) is 0 Å². The summed E-state index contributed by atoms with van der Waals surface area (Å²) in [5.41, 5.74) is 1.22. The SMILES string of the molecule is CCC(C)CN1C(=O)C(Cc2ccccc2)NC1CC. The average Bonchev–Trinajstić information content (AvgIpc) is 2.77. The monoisotopic (exact) mass is 274 g/mol. The lowest BCUT2D eigenvalue weighted by Crippen LogP contribution is -2.39. The van der Waals surface area contributed by atoms with Crippen molar-refractivity contribution in [3.05, 3.63) is 35.9 Å². The summed E-state index contributed by atoms with van der Waals surface area (Å²) >= 11 is 0. The van der Waals surface area contributed by atoms with Gasteiger partial charge in [-0.05, 0) is 24.3 Å². The van der Waals surface area contributed by atoms with Gasteiger partial charge in [0, 0.05) is 6.54 Å². The third-order valence-corrected chi connectivity index (χ3v) is 4.23. The second-order valence-corrected chi connectivity index (χ2v) is 5.84. The standard InChI is InChI=1S/C17H26N2O/c1-4-13(3)12-19-16(5-2)18-15(17(19)20)11-14-9-7-6-8-10-14/h6-10,13,15-16,18H,4-5,11-12H2,1-3H3. The number of hydrogen-bond donors (Lipinski definition) is 1.